The number of hydrogen-bond donors (Lipinski definition) is 2. The average Bonchev–Trinajstić information content (AvgIpc) is 3.15. The maximum Gasteiger partial charge on any atom is 0.277 e. The molecule has 0 spiro atoms. The minimum Gasteiger partial charge on any atom is -0.313 e. The predicted octanol–water partition coefficient (Wildman–Crippen LogP) is -0.0484. The van der Waals surface area contributed by atoms with Crippen LogP contribution in [0.5, 0.6) is 0 Å². The molecular weight excluding hydrogens is 300 g/mol. The molecule has 1 amide bonds. The van der Waals surface area contributed by atoms with E-state index in [-0.39, 0.29) is 17.2 Å². The van der Waals surface area contributed by atoms with E-state index in [1.165, 1.54) is 10.5 Å². The molecule has 3 aromatic heterocycles. The molecule has 4 rings (SSSR count). The number of para-hydroxylation sites is 2. The van der Waals surface area contributed by atoms with Crippen LogP contribution in [0.3, 0.4) is 0 Å². The van der Waals surface area contributed by atoms with Gasteiger partial charge in [-0.1, -0.05) is 17.2 Å². The molecule has 114 valence electrons. The monoisotopic (exact) mass is 310 g/mol. The third-order valence-electron chi connectivity index (χ3n) is 3.49. The van der Waals surface area contributed by atoms with Crippen molar-refractivity contribution in [3.8, 4) is 0 Å². The summed E-state index contributed by atoms with van der Waals surface area (Å²) in [5.74, 6) is -0.206. The zero-order chi connectivity index (χ0) is 16.0. The average molecular weight is 310 g/mol. The van der Waals surface area contributed by atoms with Crippen molar-refractivity contribution in [2.75, 3.05) is 5.32 Å². The highest BCUT2D eigenvalue weighted by Crippen LogP contribution is 2.16. The highest BCUT2D eigenvalue weighted by atomic mass is 16.2. The molecule has 0 unspecified atom stereocenters. The van der Waals surface area contributed by atoms with Gasteiger partial charge in [0.1, 0.15) is 5.69 Å². The summed E-state index contributed by atoms with van der Waals surface area (Å²) in [5.41, 5.74) is 1.20. The number of nitrogens with one attached hydrogen (secondary N) is 2. The number of aromatic nitrogens is 7. The Morgan fingerprint density at radius 3 is 2.78 bits per heavy atom. The van der Waals surface area contributed by atoms with Crippen molar-refractivity contribution in [1.82, 2.24) is 34.6 Å². The largest absolute Gasteiger partial charge is 0.313 e. The number of imidazole rings is 1. The standard InChI is InChI=1S/C13H10N8O2/c1-20-8-4-2-3-5-9(8)21-10(22)6-7(14-13(20)21)11(23)15-12-16-18-19-17-12/h2-6H,1H3,(H2,15,16,17,18,19,23). The topological polar surface area (TPSA) is 123 Å². The highest BCUT2D eigenvalue weighted by molar-refractivity contribution is 6.02. The van der Waals surface area contributed by atoms with Crippen LogP contribution in [0.1, 0.15) is 10.5 Å². The van der Waals surface area contributed by atoms with E-state index in [0.29, 0.717) is 5.78 Å². The van der Waals surface area contributed by atoms with Crippen LogP contribution in [0.4, 0.5) is 5.95 Å². The van der Waals surface area contributed by atoms with Gasteiger partial charge >= 0.3 is 0 Å². The van der Waals surface area contributed by atoms with E-state index in [0.717, 1.165) is 11.0 Å². The molecule has 2 N–H and O–H groups in total. The van der Waals surface area contributed by atoms with Crippen molar-refractivity contribution >= 4 is 28.7 Å². The Labute approximate surface area is 127 Å². The summed E-state index contributed by atoms with van der Waals surface area (Å²) >= 11 is 0. The number of anilines is 1. The number of nitrogens with zero attached hydrogens (tertiary/aromatic N) is 6. The first-order valence-electron chi connectivity index (χ1n) is 6.67. The first-order chi connectivity index (χ1) is 11.1. The van der Waals surface area contributed by atoms with Crippen LogP contribution in [-0.2, 0) is 7.05 Å². The van der Waals surface area contributed by atoms with Gasteiger partial charge in [-0.25, -0.2) is 9.38 Å². The molecule has 0 saturated heterocycles. The van der Waals surface area contributed by atoms with Crippen molar-refractivity contribution in [1.29, 1.82) is 0 Å². The molecule has 10 heteroatoms. The number of aryl methyl sites for hydroxylation is 1. The van der Waals surface area contributed by atoms with Crippen LogP contribution in [0.2, 0.25) is 0 Å². The van der Waals surface area contributed by atoms with Gasteiger partial charge in [0.2, 0.25) is 5.78 Å². The zero-order valence-electron chi connectivity index (χ0n) is 11.9. The normalized spacial score (nSPS) is 11.2. The fourth-order valence-corrected chi connectivity index (χ4v) is 2.46. The van der Waals surface area contributed by atoms with E-state index in [2.05, 4.69) is 30.9 Å². The Morgan fingerprint density at radius 1 is 1.26 bits per heavy atom. The van der Waals surface area contributed by atoms with Crippen LogP contribution in [0, 0.1) is 0 Å². The third-order valence-corrected chi connectivity index (χ3v) is 3.49. The van der Waals surface area contributed by atoms with Gasteiger partial charge in [0.05, 0.1) is 11.0 Å². The Bertz CT molecular complexity index is 1090. The smallest absolute Gasteiger partial charge is 0.277 e. The maximum atomic E-state index is 12.4. The molecule has 23 heavy (non-hydrogen) atoms. The summed E-state index contributed by atoms with van der Waals surface area (Å²) in [4.78, 5) is 28.9. The molecule has 0 radical (unpaired) electrons. The van der Waals surface area contributed by atoms with E-state index in [1.54, 1.807) is 11.6 Å². The van der Waals surface area contributed by atoms with Crippen molar-refractivity contribution in [3.63, 3.8) is 0 Å². The summed E-state index contributed by atoms with van der Waals surface area (Å²) in [6.45, 7) is 0. The minimum absolute atomic E-state index is 0.00837. The summed E-state index contributed by atoms with van der Waals surface area (Å²) in [6.07, 6.45) is 0. The van der Waals surface area contributed by atoms with Gasteiger partial charge in [0.15, 0.2) is 0 Å². The third kappa shape index (κ3) is 1.96. The molecule has 0 aliphatic carbocycles. The Morgan fingerprint density at radius 2 is 2.04 bits per heavy atom. The van der Waals surface area contributed by atoms with Crippen LogP contribution >= 0.6 is 0 Å². The van der Waals surface area contributed by atoms with E-state index in [4.69, 9.17) is 0 Å². The highest BCUT2D eigenvalue weighted by Gasteiger charge is 2.16. The van der Waals surface area contributed by atoms with E-state index < -0.39 is 5.91 Å². The van der Waals surface area contributed by atoms with Crippen LogP contribution in [0.25, 0.3) is 16.8 Å². The number of amides is 1. The number of carbonyl (C=O) groups is 1. The summed E-state index contributed by atoms with van der Waals surface area (Å²) < 4.78 is 3.21. The molecule has 0 saturated carbocycles. The molecule has 10 nitrogen and oxygen atoms in total. The second-order valence-electron chi connectivity index (χ2n) is 4.85. The molecule has 0 fully saturated rings. The van der Waals surface area contributed by atoms with E-state index >= 15 is 0 Å². The lowest BCUT2D eigenvalue weighted by atomic mass is 10.3. The fraction of sp³-hybridized carbons (Fsp3) is 0.0769. The van der Waals surface area contributed by atoms with Crippen molar-refractivity contribution in [2.24, 2.45) is 7.05 Å². The Hall–Kier alpha value is -3.56. The fourth-order valence-electron chi connectivity index (χ4n) is 2.46. The second-order valence-corrected chi connectivity index (χ2v) is 4.85. The van der Waals surface area contributed by atoms with Gasteiger partial charge in [0, 0.05) is 13.1 Å². The number of fused-ring (bicyclic) bond motifs is 3. The van der Waals surface area contributed by atoms with E-state index in [9.17, 15) is 9.59 Å². The molecule has 1 aromatic carbocycles. The number of carbonyl (C=O) groups excluding carboxylic acids is 1. The maximum absolute atomic E-state index is 12.4. The first kappa shape index (κ1) is 13.1. The van der Waals surface area contributed by atoms with Gasteiger partial charge in [-0.15, -0.1) is 5.10 Å². The molecule has 0 aliphatic rings. The van der Waals surface area contributed by atoms with E-state index in [1.807, 2.05) is 24.3 Å². The van der Waals surface area contributed by atoms with Crippen molar-refractivity contribution in [3.05, 3.63) is 46.4 Å². The van der Waals surface area contributed by atoms with Gasteiger partial charge in [-0.2, -0.15) is 5.21 Å². The molecule has 0 bridgehead atoms. The quantitative estimate of drug-likeness (QED) is 0.535. The number of benzene rings is 1. The van der Waals surface area contributed by atoms with Crippen LogP contribution in [0.15, 0.2) is 35.1 Å². The number of aromatic amines is 1. The zero-order valence-corrected chi connectivity index (χ0v) is 11.9. The van der Waals surface area contributed by atoms with Gasteiger partial charge in [0.25, 0.3) is 17.4 Å². The summed E-state index contributed by atoms with van der Waals surface area (Å²) in [5, 5.41) is 15.2. The second kappa shape index (κ2) is 4.73. The number of rotatable bonds is 2. The lowest BCUT2D eigenvalue weighted by Gasteiger charge is -2.01. The van der Waals surface area contributed by atoms with Gasteiger partial charge < -0.3 is 4.57 Å². The van der Waals surface area contributed by atoms with Crippen LogP contribution in [-0.4, -0.2) is 40.5 Å². The number of H-pyrrole nitrogens is 1. The van der Waals surface area contributed by atoms with Crippen molar-refractivity contribution < 1.29 is 4.79 Å². The SMILES string of the molecule is Cn1c2ccccc2n2c(=O)cc(C(=O)Nc3nn[nH]n3)nc12. The number of hydrogen-bond acceptors (Lipinski definition) is 6. The summed E-state index contributed by atoms with van der Waals surface area (Å²) in [6, 6.07) is 8.59. The van der Waals surface area contributed by atoms with Crippen molar-refractivity contribution in [2.45, 2.75) is 0 Å². The van der Waals surface area contributed by atoms with Gasteiger partial charge in [-0.3, -0.25) is 14.9 Å². The first-order valence-corrected chi connectivity index (χ1v) is 6.67. The lowest BCUT2D eigenvalue weighted by molar-refractivity contribution is 0.102. The molecule has 4 aromatic rings. The predicted molar refractivity (Wildman–Crippen MR) is 80.1 cm³/mol. The lowest BCUT2D eigenvalue weighted by Crippen LogP contribution is -2.21. The molecule has 3 heterocycles. The molecule has 0 atom stereocenters. The molecular formula is C13H10N8O2. The van der Waals surface area contributed by atoms with Crippen LogP contribution < -0.4 is 10.9 Å². The minimum atomic E-state index is -0.587. The Kier molecular flexibility index (Phi) is 2.70. The summed E-state index contributed by atoms with van der Waals surface area (Å²) in [7, 11) is 1.78. The molecule has 0 aliphatic heterocycles. The number of tetrazole rings is 1. The van der Waals surface area contributed by atoms with Gasteiger partial charge in [-0.05, 0) is 17.3 Å². The Balaban J connectivity index is 1.90.